The Labute approximate surface area is 117 Å². The highest BCUT2D eigenvalue weighted by Gasteiger charge is 2.22. The Morgan fingerprint density at radius 1 is 1.16 bits per heavy atom. The number of nitrogens with zero attached hydrogens (tertiary/aromatic N) is 1. The van der Waals surface area contributed by atoms with E-state index >= 15 is 0 Å². The van der Waals surface area contributed by atoms with E-state index in [1.807, 2.05) is 0 Å². The number of hydrogen-bond acceptors (Lipinski definition) is 2. The van der Waals surface area contributed by atoms with Crippen molar-refractivity contribution in [3.05, 3.63) is 29.3 Å². The third-order valence-corrected chi connectivity index (χ3v) is 4.80. The molecule has 1 aliphatic carbocycles. The topological polar surface area (TPSA) is 29.3 Å². The summed E-state index contributed by atoms with van der Waals surface area (Å²) in [5, 5.41) is 0. The zero-order chi connectivity index (χ0) is 13.1. The molecular formula is C17H26N2. The standard InChI is InChI=1S/C17H26N2/c18-10-3-4-14-9-11-19(13-14)17-8-7-15-5-1-2-6-16(15)12-17/h7-8,12,14H,1-6,9-11,13,18H2. The number of fused-ring (bicyclic) bond motifs is 1. The Balaban J connectivity index is 1.66. The molecule has 0 spiro atoms. The summed E-state index contributed by atoms with van der Waals surface area (Å²) < 4.78 is 0. The lowest BCUT2D eigenvalue weighted by atomic mass is 9.91. The maximum absolute atomic E-state index is 5.62. The van der Waals surface area contributed by atoms with Crippen LogP contribution in [-0.2, 0) is 12.8 Å². The minimum atomic E-state index is 0.843. The Morgan fingerprint density at radius 3 is 2.84 bits per heavy atom. The van der Waals surface area contributed by atoms with E-state index in [2.05, 4.69) is 23.1 Å². The minimum Gasteiger partial charge on any atom is -0.371 e. The number of rotatable bonds is 4. The first-order valence-corrected chi connectivity index (χ1v) is 7.93. The molecule has 1 saturated heterocycles. The lowest BCUT2D eigenvalue weighted by Gasteiger charge is -2.23. The van der Waals surface area contributed by atoms with E-state index in [0.717, 1.165) is 12.5 Å². The van der Waals surface area contributed by atoms with Crippen molar-refractivity contribution >= 4 is 5.69 Å². The Hall–Kier alpha value is -1.02. The highest BCUT2D eigenvalue weighted by atomic mass is 15.1. The molecule has 2 aliphatic rings. The fourth-order valence-corrected chi connectivity index (χ4v) is 3.63. The number of nitrogens with two attached hydrogens (primary N) is 1. The van der Waals surface area contributed by atoms with Gasteiger partial charge in [0.05, 0.1) is 0 Å². The van der Waals surface area contributed by atoms with Crippen LogP contribution in [0.2, 0.25) is 0 Å². The average molecular weight is 258 g/mol. The largest absolute Gasteiger partial charge is 0.371 e. The molecule has 1 atom stereocenters. The van der Waals surface area contributed by atoms with Crippen LogP contribution in [0, 0.1) is 5.92 Å². The molecule has 2 nitrogen and oxygen atoms in total. The fourth-order valence-electron chi connectivity index (χ4n) is 3.63. The predicted molar refractivity (Wildman–Crippen MR) is 81.7 cm³/mol. The van der Waals surface area contributed by atoms with E-state index in [0.29, 0.717) is 0 Å². The summed E-state index contributed by atoms with van der Waals surface area (Å²) in [6.45, 7) is 3.31. The smallest absolute Gasteiger partial charge is 0.0369 e. The second-order valence-electron chi connectivity index (χ2n) is 6.19. The van der Waals surface area contributed by atoms with Gasteiger partial charge in [-0.15, -0.1) is 0 Å². The van der Waals surface area contributed by atoms with Gasteiger partial charge in [-0.1, -0.05) is 6.07 Å². The van der Waals surface area contributed by atoms with Crippen LogP contribution in [0.3, 0.4) is 0 Å². The van der Waals surface area contributed by atoms with Crippen LogP contribution in [0.5, 0.6) is 0 Å². The molecule has 0 bridgehead atoms. The van der Waals surface area contributed by atoms with Crippen molar-refractivity contribution in [1.82, 2.24) is 0 Å². The normalized spacial score (nSPS) is 22.6. The molecule has 19 heavy (non-hydrogen) atoms. The molecule has 1 aromatic rings. The second kappa shape index (κ2) is 5.96. The summed E-state index contributed by atoms with van der Waals surface area (Å²) in [6.07, 6.45) is 9.15. The van der Waals surface area contributed by atoms with E-state index < -0.39 is 0 Å². The van der Waals surface area contributed by atoms with Crippen molar-refractivity contribution in [3.63, 3.8) is 0 Å². The Bertz CT molecular complexity index is 427. The van der Waals surface area contributed by atoms with Gasteiger partial charge in [-0.05, 0) is 80.7 Å². The summed E-state index contributed by atoms with van der Waals surface area (Å²) in [7, 11) is 0. The van der Waals surface area contributed by atoms with Crippen molar-refractivity contribution in [2.45, 2.75) is 44.9 Å². The molecule has 0 aromatic heterocycles. The summed E-state index contributed by atoms with van der Waals surface area (Å²) in [5.74, 6) is 0.861. The van der Waals surface area contributed by atoms with Crippen LogP contribution in [-0.4, -0.2) is 19.6 Å². The molecule has 1 aromatic carbocycles. The molecule has 1 aliphatic heterocycles. The Kier molecular flexibility index (Phi) is 4.07. The number of aryl methyl sites for hydroxylation is 2. The van der Waals surface area contributed by atoms with Crippen molar-refractivity contribution in [3.8, 4) is 0 Å². The third-order valence-electron chi connectivity index (χ3n) is 4.80. The van der Waals surface area contributed by atoms with Crippen LogP contribution in [0.25, 0.3) is 0 Å². The first-order valence-electron chi connectivity index (χ1n) is 7.93. The van der Waals surface area contributed by atoms with E-state index in [-0.39, 0.29) is 0 Å². The monoisotopic (exact) mass is 258 g/mol. The molecule has 2 heteroatoms. The average Bonchev–Trinajstić information content (AvgIpc) is 2.93. The van der Waals surface area contributed by atoms with E-state index in [1.54, 1.807) is 11.1 Å². The lowest BCUT2D eigenvalue weighted by molar-refractivity contribution is 0.519. The quantitative estimate of drug-likeness (QED) is 0.899. The zero-order valence-corrected chi connectivity index (χ0v) is 11.9. The third kappa shape index (κ3) is 2.94. The number of hydrogen-bond donors (Lipinski definition) is 1. The predicted octanol–water partition coefficient (Wildman–Crippen LogP) is 3.13. The highest BCUT2D eigenvalue weighted by Crippen LogP contribution is 2.30. The van der Waals surface area contributed by atoms with Crippen LogP contribution < -0.4 is 10.6 Å². The molecule has 1 fully saturated rings. The maximum Gasteiger partial charge on any atom is 0.0369 e. The summed E-state index contributed by atoms with van der Waals surface area (Å²) >= 11 is 0. The molecule has 0 saturated carbocycles. The van der Waals surface area contributed by atoms with Gasteiger partial charge in [0.1, 0.15) is 0 Å². The van der Waals surface area contributed by atoms with E-state index in [9.17, 15) is 0 Å². The summed E-state index contributed by atoms with van der Waals surface area (Å²) in [4.78, 5) is 2.58. The molecule has 1 heterocycles. The van der Waals surface area contributed by atoms with Crippen LogP contribution in [0.1, 0.15) is 43.2 Å². The molecular weight excluding hydrogens is 232 g/mol. The van der Waals surface area contributed by atoms with Crippen LogP contribution in [0.15, 0.2) is 18.2 Å². The molecule has 3 rings (SSSR count). The van der Waals surface area contributed by atoms with Gasteiger partial charge in [0.2, 0.25) is 0 Å². The fraction of sp³-hybridized carbons (Fsp3) is 0.647. The van der Waals surface area contributed by atoms with Gasteiger partial charge in [0.15, 0.2) is 0 Å². The van der Waals surface area contributed by atoms with Gasteiger partial charge in [-0.2, -0.15) is 0 Å². The highest BCUT2D eigenvalue weighted by molar-refractivity contribution is 5.52. The molecule has 0 radical (unpaired) electrons. The molecule has 2 N–H and O–H groups in total. The van der Waals surface area contributed by atoms with Gasteiger partial charge in [-0.3, -0.25) is 0 Å². The maximum atomic E-state index is 5.62. The van der Waals surface area contributed by atoms with Crippen molar-refractivity contribution in [1.29, 1.82) is 0 Å². The van der Waals surface area contributed by atoms with Gasteiger partial charge in [0, 0.05) is 18.8 Å². The summed E-state index contributed by atoms with van der Waals surface area (Å²) in [5.41, 5.74) is 10.3. The zero-order valence-electron chi connectivity index (χ0n) is 11.9. The van der Waals surface area contributed by atoms with Gasteiger partial charge < -0.3 is 10.6 Å². The van der Waals surface area contributed by atoms with Gasteiger partial charge in [0.25, 0.3) is 0 Å². The number of benzene rings is 1. The van der Waals surface area contributed by atoms with Crippen molar-refractivity contribution in [2.24, 2.45) is 11.7 Å². The minimum absolute atomic E-state index is 0.843. The molecule has 0 amide bonds. The second-order valence-corrected chi connectivity index (χ2v) is 6.19. The van der Waals surface area contributed by atoms with E-state index in [1.165, 1.54) is 63.7 Å². The SMILES string of the molecule is NCCCC1CCN(c2ccc3c(c2)CCCC3)C1. The summed E-state index contributed by atoms with van der Waals surface area (Å²) in [6, 6.07) is 7.17. The van der Waals surface area contributed by atoms with E-state index in [4.69, 9.17) is 5.73 Å². The van der Waals surface area contributed by atoms with Crippen molar-refractivity contribution < 1.29 is 0 Å². The molecule has 1 unspecified atom stereocenters. The lowest BCUT2D eigenvalue weighted by Crippen LogP contribution is -2.20. The van der Waals surface area contributed by atoms with Crippen LogP contribution >= 0.6 is 0 Å². The first-order chi connectivity index (χ1) is 9.36. The van der Waals surface area contributed by atoms with Gasteiger partial charge >= 0.3 is 0 Å². The Morgan fingerprint density at radius 2 is 2.00 bits per heavy atom. The first kappa shape index (κ1) is 13.0. The van der Waals surface area contributed by atoms with Gasteiger partial charge in [-0.25, -0.2) is 0 Å². The number of anilines is 1. The van der Waals surface area contributed by atoms with Crippen LogP contribution in [0.4, 0.5) is 5.69 Å². The van der Waals surface area contributed by atoms with Crippen molar-refractivity contribution in [2.75, 3.05) is 24.5 Å². The molecule has 104 valence electrons.